The second kappa shape index (κ2) is 14.6. The smallest absolute Gasteiger partial charge is 0.0619 e. The molecule has 0 bridgehead atoms. The van der Waals surface area contributed by atoms with Crippen molar-refractivity contribution in [3.8, 4) is 50.3 Å². The molecule has 1 aromatic heterocycles. The first-order chi connectivity index (χ1) is 31.0. The molecule has 0 amide bonds. The van der Waals surface area contributed by atoms with E-state index in [1.807, 2.05) is 0 Å². The summed E-state index contributed by atoms with van der Waals surface area (Å²) in [5.74, 6) is 0. The van der Waals surface area contributed by atoms with Gasteiger partial charge in [-0.25, -0.2) is 0 Å². The zero-order valence-corrected chi connectivity index (χ0v) is 35.3. The molecular formula is C61H44N2. The minimum atomic E-state index is -0.241. The Hall–Kier alpha value is -7.94. The van der Waals surface area contributed by atoms with Gasteiger partial charge in [-0.05, 0) is 110 Å². The van der Waals surface area contributed by atoms with Crippen LogP contribution in [-0.2, 0) is 5.41 Å². The first-order valence-corrected chi connectivity index (χ1v) is 21.9. The van der Waals surface area contributed by atoms with Gasteiger partial charge in [0.25, 0.3) is 0 Å². The lowest BCUT2D eigenvalue weighted by Crippen LogP contribution is -2.15. The van der Waals surface area contributed by atoms with Crippen molar-refractivity contribution in [3.05, 3.63) is 242 Å². The fraction of sp³-hybridized carbons (Fsp3) is 0.0492. The van der Waals surface area contributed by atoms with Gasteiger partial charge >= 0.3 is 0 Å². The van der Waals surface area contributed by atoms with Crippen LogP contribution in [0.15, 0.2) is 231 Å². The van der Waals surface area contributed by atoms with E-state index < -0.39 is 0 Å². The Bertz CT molecular complexity index is 3510. The zero-order valence-electron chi connectivity index (χ0n) is 35.3. The van der Waals surface area contributed by atoms with E-state index in [0.29, 0.717) is 0 Å². The van der Waals surface area contributed by atoms with Crippen molar-refractivity contribution in [2.75, 3.05) is 4.90 Å². The van der Waals surface area contributed by atoms with Crippen molar-refractivity contribution in [1.82, 2.24) is 4.57 Å². The Balaban J connectivity index is 1.05. The Morgan fingerprint density at radius 3 is 1.70 bits per heavy atom. The summed E-state index contributed by atoms with van der Waals surface area (Å²) < 4.78 is 2.49. The molecule has 0 aliphatic heterocycles. The van der Waals surface area contributed by atoms with E-state index in [0.717, 1.165) is 22.7 Å². The van der Waals surface area contributed by atoms with Gasteiger partial charge in [-0.2, -0.15) is 0 Å². The molecule has 0 atom stereocenters. The van der Waals surface area contributed by atoms with Crippen molar-refractivity contribution < 1.29 is 0 Å². The minimum Gasteiger partial charge on any atom is -0.309 e. The van der Waals surface area contributed by atoms with Gasteiger partial charge in [-0.1, -0.05) is 190 Å². The average molecular weight is 805 g/mol. The number of fused-ring (bicyclic) bond motifs is 6. The van der Waals surface area contributed by atoms with Crippen LogP contribution >= 0.6 is 0 Å². The molecule has 0 fully saturated rings. The van der Waals surface area contributed by atoms with Crippen LogP contribution in [-0.4, -0.2) is 4.57 Å². The molecule has 0 saturated heterocycles. The number of rotatable bonds is 7. The van der Waals surface area contributed by atoms with Crippen LogP contribution in [0.1, 0.15) is 25.0 Å². The lowest BCUT2D eigenvalue weighted by Gasteiger charge is -2.28. The average Bonchev–Trinajstić information content (AvgIpc) is 3.79. The topological polar surface area (TPSA) is 8.17 Å². The molecular weight excluding hydrogens is 761 g/mol. The summed E-state index contributed by atoms with van der Waals surface area (Å²) in [6.07, 6.45) is 0. The summed E-state index contributed by atoms with van der Waals surface area (Å²) >= 11 is 0. The van der Waals surface area contributed by atoms with E-state index in [1.165, 1.54) is 88.2 Å². The molecule has 10 aromatic carbocycles. The van der Waals surface area contributed by atoms with Crippen molar-refractivity contribution in [2.45, 2.75) is 19.3 Å². The van der Waals surface area contributed by atoms with Gasteiger partial charge in [-0.15, -0.1) is 0 Å². The number of para-hydroxylation sites is 2. The quantitative estimate of drug-likeness (QED) is 0.156. The summed E-state index contributed by atoms with van der Waals surface area (Å²) in [5, 5.41) is 6.14. The third-order valence-corrected chi connectivity index (χ3v) is 13.4. The summed E-state index contributed by atoms with van der Waals surface area (Å²) in [6, 6.07) is 84.5. The van der Waals surface area contributed by atoms with Crippen LogP contribution in [0.4, 0.5) is 17.1 Å². The third-order valence-electron chi connectivity index (χ3n) is 13.4. The van der Waals surface area contributed by atoms with E-state index in [9.17, 15) is 0 Å². The largest absolute Gasteiger partial charge is 0.309 e. The zero-order chi connectivity index (χ0) is 42.1. The number of anilines is 3. The molecule has 0 saturated carbocycles. The minimum absolute atomic E-state index is 0.241. The molecule has 11 aromatic rings. The van der Waals surface area contributed by atoms with Gasteiger partial charge in [0, 0.05) is 38.5 Å². The molecule has 12 rings (SSSR count). The third kappa shape index (κ3) is 5.86. The van der Waals surface area contributed by atoms with Gasteiger partial charge in [0.15, 0.2) is 0 Å². The van der Waals surface area contributed by atoms with Crippen LogP contribution in [0.5, 0.6) is 0 Å². The van der Waals surface area contributed by atoms with Gasteiger partial charge in [0.2, 0.25) is 0 Å². The predicted octanol–water partition coefficient (Wildman–Crippen LogP) is 16.7. The maximum atomic E-state index is 2.49. The molecule has 0 radical (unpaired) electrons. The van der Waals surface area contributed by atoms with Gasteiger partial charge < -0.3 is 9.47 Å². The highest BCUT2D eigenvalue weighted by Gasteiger charge is 2.37. The number of hydrogen-bond acceptors (Lipinski definition) is 1. The highest BCUT2D eigenvalue weighted by molar-refractivity contribution is 6.11. The molecule has 2 nitrogen and oxygen atoms in total. The fourth-order valence-corrected chi connectivity index (χ4v) is 10.4. The molecule has 298 valence electrons. The molecule has 0 spiro atoms. The molecule has 1 heterocycles. The van der Waals surface area contributed by atoms with Gasteiger partial charge in [-0.3, -0.25) is 0 Å². The first-order valence-electron chi connectivity index (χ1n) is 21.9. The van der Waals surface area contributed by atoms with E-state index >= 15 is 0 Å². The summed E-state index contributed by atoms with van der Waals surface area (Å²) in [7, 11) is 0. The predicted molar refractivity (Wildman–Crippen MR) is 267 cm³/mol. The summed E-state index contributed by atoms with van der Waals surface area (Å²) in [5.41, 5.74) is 18.2. The molecule has 1 aliphatic rings. The maximum Gasteiger partial charge on any atom is 0.0619 e. The highest BCUT2D eigenvalue weighted by Crippen LogP contribution is 2.54. The van der Waals surface area contributed by atoms with Crippen molar-refractivity contribution in [3.63, 3.8) is 0 Å². The fourth-order valence-electron chi connectivity index (χ4n) is 10.4. The molecule has 2 heteroatoms. The molecule has 0 unspecified atom stereocenters. The number of hydrogen-bond donors (Lipinski definition) is 0. The van der Waals surface area contributed by atoms with Gasteiger partial charge in [0.05, 0.1) is 22.6 Å². The number of nitrogens with zero attached hydrogens (tertiary/aromatic N) is 2. The second-order valence-electron chi connectivity index (χ2n) is 17.3. The summed E-state index contributed by atoms with van der Waals surface area (Å²) in [6.45, 7) is 4.81. The molecule has 1 aliphatic carbocycles. The van der Waals surface area contributed by atoms with Crippen LogP contribution in [0.25, 0.3) is 82.8 Å². The molecule has 63 heavy (non-hydrogen) atoms. The van der Waals surface area contributed by atoms with Crippen molar-refractivity contribution in [2.24, 2.45) is 0 Å². The van der Waals surface area contributed by atoms with Crippen molar-refractivity contribution >= 4 is 49.5 Å². The molecule has 0 N–H and O–H groups in total. The standard InChI is InChI=1S/C61H44N2/c1-61(2)54-38-44(47-36-37-57(51-32-18-17-31-49(47)51)62(45-26-11-5-12-27-45)56-33-19-25-41-20-15-16-30-48(41)56)34-35-50(54)52-39-53-58(40-55(52)61)63(46-28-13-6-14-29-46)60(43-23-9-4-10-24-43)59(53)42-21-7-3-8-22-42/h3-40H,1-2H3. The summed E-state index contributed by atoms with van der Waals surface area (Å²) in [4.78, 5) is 2.43. The lowest BCUT2D eigenvalue weighted by atomic mass is 9.81. The SMILES string of the molecule is CC1(C)c2cc(-c3ccc(N(c4ccccc4)c4cccc5ccccc45)c4ccccc34)ccc2-c2cc3c(-c4ccccc4)c(-c4ccccc4)n(-c4ccccc4)c3cc21. The second-order valence-corrected chi connectivity index (χ2v) is 17.3. The lowest BCUT2D eigenvalue weighted by molar-refractivity contribution is 0.661. The highest BCUT2D eigenvalue weighted by atomic mass is 15.1. The number of aromatic nitrogens is 1. The monoisotopic (exact) mass is 804 g/mol. The Kier molecular flexibility index (Phi) is 8.55. The van der Waals surface area contributed by atoms with Crippen LogP contribution < -0.4 is 4.90 Å². The van der Waals surface area contributed by atoms with Crippen LogP contribution in [0.2, 0.25) is 0 Å². The first kappa shape index (κ1) is 36.9. The van der Waals surface area contributed by atoms with Crippen LogP contribution in [0, 0.1) is 0 Å². The van der Waals surface area contributed by atoms with E-state index in [2.05, 4.69) is 254 Å². The Morgan fingerprint density at radius 1 is 0.381 bits per heavy atom. The Labute approximate surface area is 368 Å². The van der Waals surface area contributed by atoms with Crippen LogP contribution in [0.3, 0.4) is 0 Å². The van der Waals surface area contributed by atoms with E-state index in [4.69, 9.17) is 0 Å². The number of benzene rings is 10. The van der Waals surface area contributed by atoms with Gasteiger partial charge in [0.1, 0.15) is 0 Å². The normalized spacial score (nSPS) is 12.7. The van der Waals surface area contributed by atoms with E-state index in [1.54, 1.807) is 0 Å². The van der Waals surface area contributed by atoms with E-state index in [-0.39, 0.29) is 5.41 Å². The van der Waals surface area contributed by atoms with Crippen molar-refractivity contribution in [1.29, 1.82) is 0 Å². The maximum absolute atomic E-state index is 2.49. The Morgan fingerprint density at radius 2 is 0.952 bits per heavy atom.